The highest BCUT2D eigenvalue weighted by Crippen LogP contribution is 2.23. The van der Waals surface area contributed by atoms with Crippen molar-refractivity contribution in [2.75, 3.05) is 13.2 Å². The molecule has 0 aromatic heterocycles. The number of allylic oxidation sites excluding steroid dienone is 2. The number of carbonyl (C=O) groups is 1. The average molecular weight is 910 g/mol. The summed E-state index contributed by atoms with van der Waals surface area (Å²) in [5, 5.41) is 54.6. The average Bonchev–Trinajstić information content (AvgIpc) is 3.29. The first-order valence-electron chi connectivity index (χ1n) is 27.9. The van der Waals surface area contributed by atoms with Gasteiger partial charge in [0.05, 0.1) is 25.4 Å². The molecule has 64 heavy (non-hydrogen) atoms. The molecule has 9 nitrogen and oxygen atoms in total. The van der Waals surface area contributed by atoms with Gasteiger partial charge in [-0.05, 0) is 38.5 Å². The zero-order valence-electron chi connectivity index (χ0n) is 42.1. The Balaban J connectivity index is 2.22. The van der Waals surface area contributed by atoms with E-state index in [1.165, 1.54) is 212 Å². The minimum atomic E-state index is -1.55. The minimum Gasteiger partial charge on any atom is -0.394 e. The molecule has 6 N–H and O–H groups in total. The Morgan fingerprint density at radius 3 is 1.27 bits per heavy atom. The number of amides is 1. The number of ether oxygens (including phenoxy) is 2. The van der Waals surface area contributed by atoms with Crippen LogP contribution in [0.1, 0.15) is 277 Å². The highest BCUT2D eigenvalue weighted by Gasteiger charge is 2.44. The number of nitrogens with one attached hydrogen (secondary N) is 1. The number of hydrogen-bond acceptors (Lipinski definition) is 8. The number of rotatable bonds is 48. The summed E-state index contributed by atoms with van der Waals surface area (Å²) >= 11 is 0. The van der Waals surface area contributed by atoms with E-state index in [4.69, 9.17) is 9.47 Å². The monoisotopic (exact) mass is 910 g/mol. The molecule has 7 atom stereocenters. The van der Waals surface area contributed by atoms with Gasteiger partial charge in [-0.3, -0.25) is 4.79 Å². The Labute approximate surface area is 395 Å². The van der Waals surface area contributed by atoms with Gasteiger partial charge < -0.3 is 40.3 Å². The highest BCUT2D eigenvalue weighted by molar-refractivity contribution is 5.76. The van der Waals surface area contributed by atoms with Crippen LogP contribution in [0.4, 0.5) is 0 Å². The lowest BCUT2D eigenvalue weighted by Gasteiger charge is -2.40. The van der Waals surface area contributed by atoms with Crippen LogP contribution in [0.15, 0.2) is 12.2 Å². The maximum absolute atomic E-state index is 13.1. The zero-order chi connectivity index (χ0) is 46.6. The fourth-order valence-corrected chi connectivity index (χ4v) is 9.16. The lowest BCUT2D eigenvalue weighted by molar-refractivity contribution is -0.302. The minimum absolute atomic E-state index is 0.136. The third-order valence-corrected chi connectivity index (χ3v) is 13.6. The van der Waals surface area contributed by atoms with Crippen molar-refractivity contribution in [2.24, 2.45) is 0 Å². The van der Waals surface area contributed by atoms with Crippen molar-refractivity contribution in [3.05, 3.63) is 12.2 Å². The summed E-state index contributed by atoms with van der Waals surface area (Å²) in [6, 6.07) is -0.718. The van der Waals surface area contributed by atoms with Gasteiger partial charge in [-0.2, -0.15) is 0 Å². The molecule has 1 heterocycles. The third kappa shape index (κ3) is 35.1. The summed E-state index contributed by atoms with van der Waals surface area (Å²) in [6.07, 6.45) is 48.0. The van der Waals surface area contributed by atoms with E-state index in [1.54, 1.807) is 0 Å². The summed E-state index contributed by atoms with van der Waals surface area (Å²) in [5.41, 5.74) is 0. The SMILES string of the molecule is CCCCCCCCCCCCCC/C=C\CCCCCCCCCC(=O)NC(COC1OC(CO)C(O)C(O)C1O)C(O)CCCCCCCCCCCCCCCCCCCC. The lowest BCUT2D eigenvalue weighted by Crippen LogP contribution is -2.60. The summed E-state index contributed by atoms with van der Waals surface area (Å²) < 4.78 is 11.3. The second-order valence-electron chi connectivity index (χ2n) is 19.7. The molecule has 1 aliphatic rings. The van der Waals surface area contributed by atoms with E-state index in [0.717, 1.165) is 38.5 Å². The van der Waals surface area contributed by atoms with Gasteiger partial charge in [0.2, 0.25) is 5.91 Å². The summed E-state index contributed by atoms with van der Waals surface area (Å²) in [5.74, 6) is -0.144. The van der Waals surface area contributed by atoms with Gasteiger partial charge in [0, 0.05) is 6.42 Å². The van der Waals surface area contributed by atoms with Gasteiger partial charge in [-0.25, -0.2) is 0 Å². The molecule has 0 radical (unpaired) electrons. The van der Waals surface area contributed by atoms with Crippen LogP contribution in [-0.2, 0) is 14.3 Å². The van der Waals surface area contributed by atoms with Gasteiger partial charge in [0.1, 0.15) is 24.4 Å². The van der Waals surface area contributed by atoms with Gasteiger partial charge in [0.15, 0.2) is 6.29 Å². The molecule has 1 rings (SSSR count). The van der Waals surface area contributed by atoms with Crippen molar-refractivity contribution in [3.8, 4) is 0 Å². The molecule has 1 amide bonds. The van der Waals surface area contributed by atoms with Crippen molar-refractivity contribution in [2.45, 2.75) is 320 Å². The maximum atomic E-state index is 13.1. The molecule has 0 bridgehead atoms. The summed E-state index contributed by atoms with van der Waals surface area (Å²) in [4.78, 5) is 13.1. The van der Waals surface area contributed by atoms with Crippen LogP contribution >= 0.6 is 0 Å². The van der Waals surface area contributed by atoms with Crippen molar-refractivity contribution in [3.63, 3.8) is 0 Å². The van der Waals surface area contributed by atoms with Crippen molar-refractivity contribution >= 4 is 5.91 Å². The highest BCUT2D eigenvalue weighted by atomic mass is 16.7. The Morgan fingerprint density at radius 1 is 0.516 bits per heavy atom. The molecule has 0 spiro atoms. The number of unbranched alkanes of at least 4 members (excludes halogenated alkanes) is 36. The number of carbonyl (C=O) groups excluding carboxylic acids is 1. The summed E-state index contributed by atoms with van der Waals surface area (Å²) in [7, 11) is 0. The Kier molecular flexibility index (Phi) is 43.5. The van der Waals surface area contributed by atoms with Gasteiger partial charge >= 0.3 is 0 Å². The van der Waals surface area contributed by atoms with Gasteiger partial charge in [0.25, 0.3) is 0 Å². The van der Waals surface area contributed by atoms with Gasteiger partial charge in [-0.15, -0.1) is 0 Å². The van der Waals surface area contributed by atoms with E-state index in [9.17, 15) is 30.3 Å². The Morgan fingerprint density at radius 2 is 0.875 bits per heavy atom. The van der Waals surface area contributed by atoms with Crippen LogP contribution in [0.2, 0.25) is 0 Å². The maximum Gasteiger partial charge on any atom is 0.220 e. The van der Waals surface area contributed by atoms with Crippen molar-refractivity contribution < 1.29 is 39.8 Å². The molecule has 0 aromatic carbocycles. The fraction of sp³-hybridized carbons (Fsp3) is 0.945. The van der Waals surface area contributed by atoms with Crippen molar-refractivity contribution in [1.82, 2.24) is 5.32 Å². The zero-order valence-corrected chi connectivity index (χ0v) is 42.1. The van der Waals surface area contributed by atoms with Crippen LogP contribution in [0.5, 0.6) is 0 Å². The number of aliphatic hydroxyl groups is 5. The lowest BCUT2D eigenvalue weighted by atomic mass is 9.99. The smallest absolute Gasteiger partial charge is 0.220 e. The molecular formula is C55H107NO8. The molecule has 0 aliphatic carbocycles. The third-order valence-electron chi connectivity index (χ3n) is 13.6. The predicted molar refractivity (Wildman–Crippen MR) is 267 cm³/mol. The van der Waals surface area contributed by atoms with Crippen LogP contribution < -0.4 is 5.32 Å². The standard InChI is InChI=1S/C55H107NO8/c1-3-5-7-9-11-13-15-17-19-21-23-24-25-26-27-29-31-33-35-37-39-41-43-45-51(59)56-48(47-63-55-54(62)53(61)52(60)50(46-57)64-55)49(58)44-42-40-38-36-34-32-30-28-22-20-18-16-14-12-10-8-6-4-2/h26-27,48-50,52-55,57-58,60-62H,3-25,28-47H2,1-2H3,(H,56,59)/b27-26-. The molecule has 380 valence electrons. The first kappa shape index (κ1) is 60.9. The van der Waals surface area contributed by atoms with E-state index in [-0.39, 0.29) is 12.5 Å². The Bertz CT molecular complexity index is 1010. The van der Waals surface area contributed by atoms with Gasteiger partial charge in [-0.1, -0.05) is 244 Å². The van der Waals surface area contributed by atoms with E-state index in [1.807, 2.05) is 0 Å². The second-order valence-corrected chi connectivity index (χ2v) is 19.7. The van der Waals surface area contributed by atoms with E-state index in [0.29, 0.717) is 12.8 Å². The van der Waals surface area contributed by atoms with E-state index >= 15 is 0 Å². The summed E-state index contributed by atoms with van der Waals surface area (Å²) in [6.45, 7) is 3.87. The molecule has 1 fully saturated rings. The quantitative estimate of drug-likeness (QED) is 0.0261. The van der Waals surface area contributed by atoms with Crippen LogP contribution in [0.3, 0.4) is 0 Å². The molecule has 0 saturated carbocycles. The first-order chi connectivity index (χ1) is 31.3. The Hall–Kier alpha value is -1.07. The van der Waals surface area contributed by atoms with Crippen molar-refractivity contribution in [1.29, 1.82) is 0 Å². The molecule has 9 heteroatoms. The molecule has 1 saturated heterocycles. The molecule has 0 aromatic rings. The molecular weight excluding hydrogens is 803 g/mol. The fourth-order valence-electron chi connectivity index (χ4n) is 9.16. The largest absolute Gasteiger partial charge is 0.394 e. The topological polar surface area (TPSA) is 149 Å². The van der Waals surface area contributed by atoms with E-state index in [2.05, 4.69) is 31.3 Å². The van der Waals surface area contributed by atoms with Crippen LogP contribution in [0.25, 0.3) is 0 Å². The van der Waals surface area contributed by atoms with Crippen LogP contribution in [-0.4, -0.2) is 87.5 Å². The van der Waals surface area contributed by atoms with Crippen LogP contribution in [0, 0.1) is 0 Å². The second kappa shape index (κ2) is 45.7. The number of aliphatic hydroxyl groups excluding tert-OH is 5. The number of hydrogen-bond donors (Lipinski definition) is 6. The normalized spacial score (nSPS) is 20.0. The van der Waals surface area contributed by atoms with E-state index < -0.39 is 49.5 Å². The predicted octanol–water partition coefficient (Wildman–Crippen LogP) is 13.2. The first-order valence-corrected chi connectivity index (χ1v) is 27.9. The molecule has 7 unspecified atom stereocenters. The molecule has 1 aliphatic heterocycles.